The normalized spacial score (nSPS) is 10.7. The first-order valence-electron chi connectivity index (χ1n) is 6.87. The summed E-state index contributed by atoms with van der Waals surface area (Å²) in [5.74, 6) is 0.612. The lowest BCUT2D eigenvalue weighted by Crippen LogP contribution is -2.23. The third kappa shape index (κ3) is 3.49. The van der Waals surface area contributed by atoms with E-state index in [1.807, 2.05) is 13.8 Å². The van der Waals surface area contributed by atoms with E-state index >= 15 is 0 Å². The molecule has 0 saturated heterocycles. The van der Waals surface area contributed by atoms with Crippen molar-refractivity contribution < 1.29 is 9.66 Å². The number of aryl methyl sites for hydroxylation is 1. The molecule has 22 heavy (non-hydrogen) atoms. The Kier molecular flexibility index (Phi) is 4.55. The largest absolute Gasteiger partial charge is 0.435 e. The van der Waals surface area contributed by atoms with Crippen molar-refractivity contribution in [1.29, 1.82) is 0 Å². The Morgan fingerprint density at radius 1 is 1.41 bits per heavy atom. The molecule has 1 aromatic heterocycles. The monoisotopic (exact) mass is 303 g/mol. The molecule has 0 amide bonds. The van der Waals surface area contributed by atoms with E-state index in [0.717, 1.165) is 0 Å². The zero-order valence-corrected chi connectivity index (χ0v) is 12.6. The number of nitro benzene ring substituents is 1. The summed E-state index contributed by atoms with van der Waals surface area (Å²) in [6, 6.07) is 4.31. The van der Waals surface area contributed by atoms with Gasteiger partial charge in [0, 0.05) is 30.6 Å². The summed E-state index contributed by atoms with van der Waals surface area (Å²) >= 11 is 0. The molecule has 0 N–H and O–H groups in total. The van der Waals surface area contributed by atoms with Crippen molar-refractivity contribution in [2.45, 2.75) is 27.3 Å². The quantitative estimate of drug-likeness (QED) is 0.626. The Balaban J connectivity index is 2.30. The summed E-state index contributed by atoms with van der Waals surface area (Å²) in [5.41, 5.74) is 0.138. The molecule has 7 heteroatoms. The number of hydrogen-bond donors (Lipinski definition) is 0. The van der Waals surface area contributed by atoms with Gasteiger partial charge in [0.15, 0.2) is 0 Å². The average molecular weight is 303 g/mol. The smallest absolute Gasteiger partial charge is 0.313 e. The summed E-state index contributed by atoms with van der Waals surface area (Å²) in [5, 5.41) is 10.8. The van der Waals surface area contributed by atoms with Gasteiger partial charge in [-0.1, -0.05) is 13.8 Å². The van der Waals surface area contributed by atoms with Gasteiger partial charge >= 0.3 is 5.56 Å². The second kappa shape index (κ2) is 6.38. The van der Waals surface area contributed by atoms with Gasteiger partial charge in [0.2, 0.25) is 0 Å². The van der Waals surface area contributed by atoms with Gasteiger partial charge in [-0.2, -0.15) is 0 Å². The minimum absolute atomic E-state index is 0.00518. The molecule has 116 valence electrons. The molecule has 0 atom stereocenters. The molecule has 1 aromatic carbocycles. The molecule has 2 rings (SSSR count). The molecule has 0 spiro atoms. The lowest BCUT2D eigenvalue weighted by molar-refractivity contribution is -0.385. The molecule has 0 radical (unpaired) electrons. The molecular weight excluding hydrogens is 286 g/mol. The van der Waals surface area contributed by atoms with E-state index in [2.05, 4.69) is 4.98 Å². The van der Waals surface area contributed by atoms with Crippen LogP contribution in [0.2, 0.25) is 0 Å². The van der Waals surface area contributed by atoms with Gasteiger partial charge in [0.25, 0.3) is 11.6 Å². The van der Waals surface area contributed by atoms with E-state index < -0.39 is 4.92 Å². The number of benzene rings is 1. The summed E-state index contributed by atoms with van der Waals surface area (Å²) in [4.78, 5) is 26.5. The number of ether oxygens (including phenoxy) is 1. The van der Waals surface area contributed by atoms with E-state index in [1.165, 1.54) is 29.0 Å². The maximum atomic E-state index is 12.2. The Morgan fingerprint density at radius 3 is 2.73 bits per heavy atom. The first-order chi connectivity index (χ1) is 10.4. The highest BCUT2D eigenvalue weighted by Gasteiger charge is 2.13. The number of aromatic nitrogens is 2. The van der Waals surface area contributed by atoms with Crippen LogP contribution in [0.5, 0.6) is 11.6 Å². The Morgan fingerprint density at radius 2 is 2.14 bits per heavy atom. The van der Waals surface area contributed by atoms with Gasteiger partial charge in [-0.15, -0.1) is 0 Å². The van der Waals surface area contributed by atoms with Crippen LogP contribution in [0.3, 0.4) is 0 Å². The van der Waals surface area contributed by atoms with E-state index in [9.17, 15) is 14.9 Å². The van der Waals surface area contributed by atoms with Crippen molar-refractivity contribution in [1.82, 2.24) is 9.55 Å². The molecule has 0 aliphatic rings. The minimum atomic E-state index is -0.463. The Labute approximate surface area is 127 Å². The van der Waals surface area contributed by atoms with Gasteiger partial charge in [0.05, 0.1) is 4.92 Å². The molecular formula is C15H17N3O4. The first-order valence-corrected chi connectivity index (χ1v) is 6.87. The van der Waals surface area contributed by atoms with Gasteiger partial charge < -0.3 is 9.30 Å². The lowest BCUT2D eigenvalue weighted by atomic mass is 10.2. The molecule has 1 heterocycles. The van der Waals surface area contributed by atoms with Crippen molar-refractivity contribution in [3.63, 3.8) is 0 Å². The molecule has 0 unspecified atom stereocenters. The van der Waals surface area contributed by atoms with Gasteiger partial charge in [-0.3, -0.25) is 14.9 Å². The highest BCUT2D eigenvalue weighted by atomic mass is 16.6. The van der Waals surface area contributed by atoms with Crippen molar-refractivity contribution in [2.75, 3.05) is 0 Å². The number of rotatable bonds is 5. The number of nitro groups is 1. The molecule has 7 nitrogen and oxygen atoms in total. The maximum Gasteiger partial charge on any atom is 0.313 e. The third-order valence-electron chi connectivity index (χ3n) is 3.02. The fourth-order valence-corrected chi connectivity index (χ4v) is 2.04. The minimum Gasteiger partial charge on any atom is -0.435 e. The molecule has 0 aliphatic carbocycles. The second-order valence-corrected chi connectivity index (χ2v) is 5.39. The van der Waals surface area contributed by atoms with Crippen LogP contribution >= 0.6 is 0 Å². The van der Waals surface area contributed by atoms with Gasteiger partial charge in [0.1, 0.15) is 5.75 Å². The zero-order chi connectivity index (χ0) is 16.3. The molecule has 0 bridgehead atoms. The Bertz CT molecular complexity index is 753. The number of nitrogens with zero attached hydrogens (tertiary/aromatic N) is 3. The topological polar surface area (TPSA) is 87.3 Å². The fourth-order valence-electron chi connectivity index (χ4n) is 2.04. The molecule has 0 fully saturated rings. The van der Waals surface area contributed by atoms with Crippen molar-refractivity contribution >= 4 is 5.69 Å². The first kappa shape index (κ1) is 15.7. The van der Waals surface area contributed by atoms with Crippen LogP contribution in [0.1, 0.15) is 19.4 Å². The predicted molar refractivity (Wildman–Crippen MR) is 81.2 cm³/mol. The highest BCUT2D eigenvalue weighted by molar-refractivity contribution is 5.45. The number of hydrogen-bond acceptors (Lipinski definition) is 5. The molecule has 0 saturated carbocycles. The van der Waals surface area contributed by atoms with Crippen molar-refractivity contribution in [2.24, 2.45) is 5.92 Å². The van der Waals surface area contributed by atoms with Crippen LogP contribution in [-0.2, 0) is 6.54 Å². The van der Waals surface area contributed by atoms with E-state index in [0.29, 0.717) is 23.8 Å². The second-order valence-electron chi connectivity index (χ2n) is 5.39. The molecule has 2 aromatic rings. The van der Waals surface area contributed by atoms with Crippen LogP contribution in [0.15, 0.2) is 35.4 Å². The van der Waals surface area contributed by atoms with E-state index in [4.69, 9.17) is 4.74 Å². The average Bonchev–Trinajstić information content (AvgIpc) is 2.42. The lowest BCUT2D eigenvalue weighted by Gasteiger charge is -2.10. The fraction of sp³-hybridized carbons (Fsp3) is 0.333. The van der Waals surface area contributed by atoms with Crippen LogP contribution in [0.25, 0.3) is 0 Å². The van der Waals surface area contributed by atoms with Crippen LogP contribution in [0.4, 0.5) is 5.69 Å². The summed E-state index contributed by atoms with van der Waals surface area (Å²) in [6.45, 7) is 6.19. The maximum absolute atomic E-state index is 12.2. The predicted octanol–water partition coefficient (Wildman–Crippen LogP) is 2.91. The molecule has 0 aliphatic heterocycles. The Hall–Kier alpha value is -2.70. The van der Waals surface area contributed by atoms with Crippen LogP contribution < -0.4 is 10.3 Å². The SMILES string of the molecule is Cc1cc(Oc2nccn(CC(C)C)c2=O)ccc1[N+](=O)[O-]. The van der Waals surface area contributed by atoms with Gasteiger partial charge in [-0.25, -0.2) is 4.98 Å². The van der Waals surface area contributed by atoms with Crippen molar-refractivity contribution in [3.8, 4) is 11.6 Å². The zero-order valence-electron chi connectivity index (χ0n) is 12.6. The van der Waals surface area contributed by atoms with Gasteiger partial charge in [-0.05, 0) is 25.0 Å². The highest BCUT2D eigenvalue weighted by Crippen LogP contribution is 2.25. The standard InChI is InChI=1S/C15H17N3O4/c1-10(2)9-17-7-6-16-14(15(17)19)22-12-4-5-13(18(20)21)11(3)8-12/h4-8,10H,9H2,1-3H3. The van der Waals surface area contributed by atoms with Crippen molar-refractivity contribution in [3.05, 3.63) is 56.6 Å². The summed E-state index contributed by atoms with van der Waals surface area (Å²) in [6.07, 6.45) is 3.10. The van der Waals surface area contributed by atoms with Crippen LogP contribution in [0, 0.1) is 23.0 Å². The third-order valence-corrected chi connectivity index (χ3v) is 3.02. The van der Waals surface area contributed by atoms with Crippen LogP contribution in [-0.4, -0.2) is 14.5 Å². The summed E-state index contributed by atoms with van der Waals surface area (Å²) in [7, 11) is 0. The van der Waals surface area contributed by atoms with E-state index in [1.54, 1.807) is 13.1 Å². The summed E-state index contributed by atoms with van der Waals surface area (Å²) < 4.78 is 7.01. The van der Waals surface area contributed by atoms with E-state index in [-0.39, 0.29) is 17.1 Å².